The average molecular weight is 402 g/mol. The van der Waals surface area contributed by atoms with Crippen LogP contribution in [0.3, 0.4) is 0 Å². The Labute approximate surface area is 182 Å². The van der Waals surface area contributed by atoms with Crippen molar-refractivity contribution in [3.8, 4) is 45.1 Å². The zero-order valence-corrected chi connectivity index (χ0v) is 17.3. The number of benzene rings is 4. The summed E-state index contributed by atoms with van der Waals surface area (Å²) in [6.07, 6.45) is 3.89. The second-order valence-corrected chi connectivity index (χ2v) is 7.28. The fourth-order valence-electron chi connectivity index (χ4n) is 3.94. The number of nitrogens with zero attached hydrogens (tertiary/aromatic N) is 2. The van der Waals surface area contributed by atoms with Crippen LogP contribution in [0, 0.1) is 0 Å². The molecule has 0 radical (unpaired) electrons. The van der Waals surface area contributed by atoms with Crippen molar-refractivity contribution >= 4 is 0 Å². The van der Waals surface area contributed by atoms with Gasteiger partial charge in [0.1, 0.15) is 11.6 Å². The third kappa shape index (κ3) is 3.62. The summed E-state index contributed by atoms with van der Waals surface area (Å²) in [6.45, 7) is 0. The average Bonchev–Trinajstić information content (AvgIpc) is 3.34. The number of hydrogen-bond acceptors (Lipinski definition) is 2. The lowest BCUT2D eigenvalue weighted by atomic mass is 9.95. The molecule has 150 valence electrons. The maximum Gasteiger partial charge on any atom is 0.144 e. The van der Waals surface area contributed by atoms with Crippen LogP contribution in [-0.4, -0.2) is 16.7 Å². The van der Waals surface area contributed by atoms with Crippen LogP contribution < -0.4 is 4.74 Å². The van der Waals surface area contributed by atoms with Gasteiger partial charge in [-0.25, -0.2) is 4.98 Å². The third-order valence-electron chi connectivity index (χ3n) is 5.44. The summed E-state index contributed by atoms with van der Waals surface area (Å²) in [4.78, 5) is 4.71. The second-order valence-electron chi connectivity index (χ2n) is 7.28. The fraction of sp³-hybridized carbons (Fsp3) is 0.0357. The van der Waals surface area contributed by atoms with Crippen molar-refractivity contribution in [2.24, 2.45) is 0 Å². The maximum absolute atomic E-state index is 5.33. The van der Waals surface area contributed by atoms with E-state index < -0.39 is 0 Å². The van der Waals surface area contributed by atoms with Crippen molar-refractivity contribution in [1.82, 2.24) is 9.55 Å². The normalized spacial score (nSPS) is 10.7. The van der Waals surface area contributed by atoms with Gasteiger partial charge >= 0.3 is 0 Å². The van der Waals surface area contributed by atoms with Gasteiger partial charge in [0.05, 0.1) is 12.8 Å². The molecule has 0 amide bonds. The van der Waals surface area contributed by atoms with E-state index in [2.05, 4.69) is 71.3 Å². The summed E-state index contributed by atoms with van der Waals surface area (Å²) < 4.78 is 7.52. The standard InChI is InChI=1S/C28H22N2O/c1-31-24-17-15-23(16-18-24)28-29-19-20-30(28)27-25(21-9-4-2-5-10-21)13-8-14-26(27)22-11-6-3-7-12-22/h2-20H,1H3. The molecule has 0 bridgehead atoms. The molecule has 3 nitrogen and oxygen atoms in total. The van der Waals surface area contributed by atoms with Crippen LogP contribution in [0.1, 0.15) is 0 Å². The minimum atomic E-state index is 0.830. The first-order chi connectivity index (χ1) is 15.3. The summed E-state index contributed by atoms with van der Waals surface area (Å²) >= 11 is 0. The quantitative estimate of drug-likeness (QED) is 0.320. The molecule has 0 saturated heterocycles. The van der Waals surface area contributed by atoms with Gasteiger partial charge in [0.2, 0.25) is 0 Å². The van der Waals surface area contributed by atoms with Crippen LogP contribution in [0.5, 0.6) is 5.75 Å². The molecule has 1 aromatic heterocycles. The van der Waals surface area contributed by atoms with E-state index in [1.54, 1.807) is 7.11 Å². The van der Waals surface area contributed by atoms with Crippen LogP contribution in [0.15, 0.2) is 116 Å². The Hall–Kier alpha value is -4.11. The minimum Gasteiger partial charge on any atom is -0.497 e. The third-order valence-corrected chi connectivity index (χ3v) is 5.44. The van der Waals surface area contributed by atoms with Crippen molar-refractivity contribution in [1.29, 1.82) is 0 Å². The molecule has 0 saturated carbocycles. The lowest BCUT2D eigenvalue weighted by molar-refractivity contribution is 0.415. The van der Waals surface area contributed by atoms with Crippen molar-refractivity contribution in [3.05, 3.63) is 116 Å². The number of ether oxygens (including phenoxy) is 1. The molecule has 0 aliphatic heterocycles. The number of methoxy groups -OCH3 is 1. The van der Waals surface area contributed by atoms with Gasteiger partial charge < -0.3 is 4.74 Å². The maximum atomic E-state index is 5.33. The van der Waals surface area contributed by atoms with Crippen LogP contribution in [-0.2, 0) is 0 Å². The van der Waals surface area contributed by atoms with E-state index in [1.165, 1.54) is 11.1 Å². The summed E-state index contributed by atoms with van der Waals surface area (Å²) in [5.74, 6) is 1.72. The zero-order chi connectivity index (χ0) is 21.0. The van der Waals surface area contributed by atoms with Crippen LogP contribution in [0.4, 0.5) is 0 Å². The van der Waals surface area contributed by atoms with Gasteiger partial charge in [-0.05, 0) is 35.4 Å². The van der Waals surface area contributed by atoms with Crippen LogP contribution in [0.25, 0.3) is 39.3 Å². The first-order valence-corrected chi connectivity index (χ1v) is 10.3. The predicted octanol–water partition coefficient (Wildman–Crippen LogP) is 6.88. The Morgan fingerprint density at radius 2 is 1.19 bits per heavy atom. The summed E-state index contributed by atoms with van der Waals surface area (Å²) in [6, 6.07) is 35.5. The second kappa shape index (κ2) is 8.33. The first-order valence-electron chi connectivity index (χ1n) is 10.3. The molecule has 0 N–H and O–H groups in total. The number of imidazole rings is 1. The van der Waals surface area contributed by atoms with Gasteiger partial charge in [-0.15, -0.1) is 0 Å². The van der Waals surface area contributed by atoms with Gasteiger partial charge in [0.15, 0.2) is 0 Å². The molecular formula is C28H22N2O. The zero-order valence-electron chi connectivity index (χ0n) is 17.3. The highest BCUT2D eigenvalue weighted by Crippen LogP contribution is 2.37. The van der Waals surface area contributed by atoms with E-state index >= 15 is 0 Å². The molecule has 0 fully saturated rings. The molecular weight excluding hydrogens is 380 g/mol. The van der Waals surface area contributed by atoms with Gasteiger partial charge in [-0.2, -0.15) is 0 Å². The highest BCUT2D eigenvalue weighted by Gasteiger charge is 2.17. The molecule has 0 aliphatic rings. The van der Waals surface area contributed by atoms with Crippen LogP contribution in [0.2, 0.25) is 0 Å². The highest BCUT2D eigenvalue weighted by atomic mass is 16.5. The fourth-order valence-corrected chi connectivity index (χ4v) is 3.94. The summed E-state index contributed by atoms with van der Waals surface area (Å²) in [5.41, 5.74) is 6.81. The van der Waals surface area contributed by atoms with Gasteiger partial charge in [0.25, 0.3) is 0 Å². The van der Waals surface area contributed by atoms with E-state index in [0.717, 1.165) is 34.0 Å². The van der Waals surface area contributed by atoms with E-state index in [9.17, 15) is 0 Å². The SMILES string of the molecule is COc1ccc(-c2nccn2-c2c(-c3ccccc3)cccc2-c2ccccc2)cc1. The Bertz CT molecular complexity index is 1230. The lowest BCUT2D eigenvalue weighted by Gasteiger charge is -2.18. The van der Waals surface area contributed by atoms with E-state index in [-0.39, 0.29) is 0 Å². The molecule has 0 atom stereocenters. The molecule has 0 unspecified atom stereocenters. The number of para-hydroxylation sites is 1. The Balaban J connectivity index is 1.76. The van der Waals surface area contributed by atoms with Crippen molar-refractivity contribution in [3.63, 3.8) is 0 Å². The first kappa shape index (κ1) is 18.9. The molecule has 0 spiro atoms. The molecule has 31 heavy (non-hydrogen) atoms. The number of aromatic nitrogens is 2. The monoisotopic (exact) mass is 402 g/mol. The van der Waals surface area contributed by atoms with E-state index in [4.69, 9.17) is 9.72 Å². The van der Waals surface area contributed by atoms with E-state index in [1.807, 2.05) is 48.8 Å². The topological polar surface area (TPSA) is 27.1 Å². The Morgan fingerprint density at radius 3 is 1.74 bits per heavy atom. The van der Waals surface area contributed by atoms with Crippen LogP contribution >= 0.6 is 0 Å². The number of rotatable bonds is 5. The highest BCUT2D eigenvalue weighted by molar-refractivity contribution is 5.86. The summed E-state index contributed by atoms with van der Waals surface area (Å²) in [7, 11) is 1.68. The van der Waals surface area contributed by atoms with Gasteiger partial charge in [0, 0.05) is 29.1 Å². The Morgan fingerprint density at radius 1 is 0.613 bits per heavy atom. The lowest BCUT2D eigenvalue weighted by Crippen LogP contribution is -2.02. The van der Waals surface area contributed by atoms with Crippen molar-refractivity contribution < 1.29 is 4.74 Å². The Kier molecular flexibility index (Phi) is 5.07. The molecule has 4 aromatic carbocycles. The van der Waals surface area contributed by atoms with Gasteiger partial charge in [-0.3, -0.25) is 4.57 Å². The molecule has 1 heterocycles. The van der Waals surface area contributed by atoms with E-state index in [0.29, 0.717) is 0 Å². The van der Waals surface area contributed by atoms with Crippen molar-refractivity contribution in [2.75, 3.05) is 7.11 Å². The molecule has 3 heteroatoms. The molecule has 5 aromatic rings. The van der Waals surface area contributed by atoms with Gasteiger partial charge in [-0.1, -0.05) is 78.9 Å². The largest absolute Gasteiger partial charge is 0.497 e. The predicted molar refractivity (Wildman–Crippen MR) is 126 cm³/mol. The summed E-state index contributed by atoms with van der Waals surface area (Å²) in [5, 5.41) is 0. The minimum absolute atomic E-state index is 0.830. The number of hydrogen-bond donors (Lipinski definition) is 0. The smallest absolute Gasteiger partial charge is 0.144 e. The molecule has 5 rings (SSSR count). The van der Waals surface area contributed by atoms with Crippen molar-refractivity contribution in [2.45, 2.75) is 0 Å². The molecule has 0 aliphatic carbocycles.